The number of carbonyl (C=O) groups is 2. The van der Waals surface area contributed by atoms with E-state index in [0.29, 0.717) is 12.1 Å². The van der Waals surface area contributed by atoms with E-state index < -0.39 is 0 Å². The number of nitrogens with zero attached hydrogens (tertiary/aromatic N) is 3. The molecule has 0 spiro atoms. The fourth-order valence-electron chi connectivity index (χ4n) is 3.65. The van der Waals surface area contributed by atoms with Crippen molar-refractivity contribution in [1.29, 1.82) is 0 Å². The lowest BCUT2D eigenvalue weighted by molar-refractivity contribution is -0.118. The van der Waals surface area contributed by atoms with E-state index in [1.165, 1.54) is 5.56 Å². The Morgan fingerprint density at radius 3 is 2.34 bits per heavy atom. The molecule has 0 atom stereocenters. The number of aryl methyl sites for hydroxylation is 2. The van der Waals surface area contributed by atoms with Gasteiger partial charge in [-0.1, -0.05) is 24.3 Å². The summed E-state index contributed by atoms with van der Waals surface area (Å²) < 4.78 is 0. The summed E-state index contributed by atoms with van der Waals surface area (Å²) in [5, 5.41) is 0. The first kappa shape index (κ1) is 21.1. The normalized spacial score (nSPS) is 13.6. The summed E-state index contributed by atoms with van der Waals surface area (Å²) >= 11 is 0. The van der Waals surface area contributed by atoms with Crippen molar-refractivity contribution in [3.8, 4) is 0 Å². The monoisotopic (exact) mass is 393 g/mol. The summed E-state index contributed by atoms with van der Waals surface area (Å²) in [5.74, 6) is 0.0428. The van der Waals surface area contributed by atoms with Crippen LogP contribution in [0.1, 0.15) is 34.3 Å². The van der Waals surface area contributed by atoms with Gasteiger partial charge in [-0.05, 0) is 57.3 Å². The largest absolute Gasteiger partial charge is 0.367 e. The zero-order valence-electron chi connectivity index (χ0n) is 17.9. The molecule has 0 saturated carbocycles. The summed E-state index contributed by atoms with van der Waals surface area (Å²) in [6, 6.07) is 13.8. The summed E-state index contributed by atoms with van der Waals surface area (Å²) in [7, 11) is 4.14. The molecule has 0 aliphatic carbocycles. The number of rotatable bonds is 7. The summed E-state index contributed by atoms with van der Waals surface area (Å²) in [5.41, 5.74) is 5.00. The molecule has 1 heterocycles. The van der Waals surface area contributed by atoms with E-state index in [4.69, 9.17) is 0 Å². The maximum Gasteiger partial charge on any atom is 0.227 e. The van der Waals surface area contributed by atoms with Crippen LogP contribution in [-0.2, 0) is 4.79 Å². The van der Waals surface area contributed by atoms with Crippen molar-refractivity contribution in [2.45, 2.75) is 26.7 Å². The molecular weight excluding hydrogens is 362 g/mol. The second-order valence-corrected chi connectivity index (χ2v) is 8.05. The minimum absolute atomic E-state index is 0.0156. The molecule has 5 heteroatoms. The average molecular weight is 394 g/mol. The number of ketones is 1. The van der Waals surface area contributed by atoms with Gasteiger partial charge in [0, 0.05) is 44.6 Å². The number of fused-ring (bicyclic) bond motifs is 1. The first-order chi connectivity index (χ1) is 13.9. The molecule has 0 bridgehead atoms. The minimum atomic E-state index is 0.0156. The quantitative estimate of drug-likeness (QED) is 0.673. The Hall–Kier alpha value is -2.66. The van der Waals surface area contributed by atoms with Gasteiger partial charge in [0.15, 0.2) is 5.78 Å². The third-order valence-electron chi connectivity index (χ3n) is 5.62. The van der Waals surface area contributed by atoms with Gasteiger partial charge in [-0.3, -0.25) is 9.59 Å². The van der Waals surface area contributed by atoms with Gasteiger partial charge in [-0.25, -0.2) is 0 Å². The van der Waals surface area contributed by atoms with E-state index in [1.807, 2.05) is 55.1 Å². The van der Waals surface area contributed by atoms with Gasteiger partial charge < -0.3 is 14.7 Å². The number of para-hydroxylation sites is 2. The standard InChI is InChI=1S/C24H31N3O2/c1-18-9-10-20(17-19(18)2)23(28)11-12-24(29)27-16-15-26(14-13-25(3)4)21-7-5-6-8-22(21)27/h5-10,17H,11-16H2,1-4H3. The van der Waals surface area contributed by atoms with Crippen LogP contribution in [0.15, 0.2) is 42.5 Å². The van der Waals surface area contributed by atoms with Crippen molar-refractivity contribution in [3.63, 3.8) is 0 Å². The molecular formula is C24H31N3O2. The molecule has 1 aliphatic rings. The van der Waals surface area contributed by atoms with Crippen molar-refractivity contribution in [1.82, 2.24) is 4.90 Å². The van der Waals surface area contributed by atoms with E-state index in [-0.39, 0.29) is 24.5 Å². The van der Waals surface area contributed by atoms with Crippen molar-refractivity contribution >= 4 is 23.1 Å². The lowest BCUT2D eigenvalue weighted by atomic mass is 10.0. The van der Waals surface area contributed by atoms with E-state index in [1.54, 1.807) is 0 Å². The van der Waals surface area contributed by atoms with E-state index in [0.717, 1.165) is 36.6 Å². The fourth-order valence-corrected chi connectivity index (χ4v) is 3.65. The van der Waals surface area contributed by atoms with E-state index in [2.05, 4.69) is 30.0 Å². The van der Waals surface area contributed by atoms with Crippen molar-refractivity contribution < 1.29 is 9.59 Å². The van der Waals surface area contributed by atoms with Crippen LogP contribution in [-0.4, -0.2) is 56.9 Å². The van der Waals surface area contributed by atoms with Gasteiger partial charge in [0.2, 0.25) is 5.91 Å². The van der Waals surface area contributed by atoms with Gasteiger partial charge in [0.05, 0.1) is 11.4 Å². The predicted molar refractivity (Wildman–Crippen MR) is 119 cm³/mol. The Kier molecular flexibility index (Phi) is 6.70. The Balaban J connectivity index is 1.66. The molecule has 154 valence electrons. The summed E-state index contributed by atoms with van der Waals surface area (Å²) in [4.78, 5) is 31.8. The highest BCUT2D eigenvalue weighted by atomic mass is 16.2. The molecule has 0 unspecified atom stereocenters. The number of amides is 1. The highest BCUT2D eigenvalue weighted by molar-refractivity contribution is 6.02. The molecule has 2 aromatic carbocycles. The highest BCUT2D eigenvalue weighted by Gasteiger charge is 2.26. The first-order valence-corrected chi connectivity index (χ1v) is 10.3. The SMILES string of the molecule is Cc1ccc(C(=O)CCC(=O)N2CCN(CCN(C)C)c3ccccc32)cc1C. The van der Waals surface area contributed by atoms with Gasteiger partial charge >= 0.3 is 0 Å². The van der Waals surface area contributed by atoms with Crippen molar-refractivity contribution in [2.75, 3.05) is 50.1 Å². The van der Waals surface area contributed by atoms with E-state index >= 15 is 0 Å². The lowest BCUT2D eigenvalue weighted by Gasteiger charge is -2.38. The molecule has 0 N–H and O–H groups in total. The molecule has 1 amide bonds. The molecule has 0 saturated heterocycles. The maximum absolute atomic E-state index is 12.9. The number of anilines is 2. The van der Waals surface area contributed by atoms with Crippen LogP contribution in [0.4, 0.5) is 11.4 Å². The van der Waals surface area contributed by atoms with Crippen LogP contribution >= 0.6 is 0 Å². The zero-order valence-corrected chi connectivity index (χ0v) is 17.9. The second kappa shape index (κ2) is 9.23. The van der Waals surface area contributed by atoms with E-state index in [9.17, 15) is 9.59 Å². The molecule has 2 aromatic rings. The van der Waals surface area contributed by atoms with Gasteiger partial charge in [-0.2, -0.15) is 0 Å². The number of carbonyl (C=O) groups excluding carboxylic acids is 2. The van der Waals surface area contributed by atoms with Crippen LogP contribution < -0.4 is 9.80 Å². The number of hydrogen-bond donors (Lipinski definition) is 0. The molecule has 29 heavy (non-hydrogen) atoms. The van der Waals surface area contributed by atoms with Crippen LogP contribution in [0, 0.1) is 13.8 Å². The van der Waals surface area contributed by atoms with Gasteiger partial charge in [-0.15, -0.1) is 0 Å². The topological polar surface area (TPSA) is 43.9 Å². The van der Waals surface area contributed by atoms with Gasteiger partial charge in [0.1, 0.15) is 0 Å². The first-order valence-electron chi connectivity index (χ1n) is 10.3. The number of hydrogen-bond acceptors (Lipinski definition) is 4. The maximum atomic E-state index is 12.9. The Morgan fingerprint density at radius 2 is 1.66 bits per heavy atom. The second-order valence-electron chi connectivity index (χ2n) is 8.05. The van der Waals surface area contributed by atoms with Crippen molar-refractivity contribution in [2.24, 2.45) is 0 Å². The predicted octanol–water partition coefficient (Wildman–Crippen LogP) is 3.68. The van der Waals surface area contributed by atoms with Crippen LogP contribution in [0.3, 0.4) is 0 Å². The molecule has 3 rings (SSSR count). The third-order valence-corrected chi connectivity index (χ3v) is 5.62. The summed E-state index contributed by atoms with van der Waals surface area (Å²) in [6.07, 6.45) is 0.474. The van der Waals surface area contributed by atoms with Crippen LogP contribution in [0.25, 0.3) is 0 Å². The number of benzene rings is 2. The molecule has 1 aliphatic heterocycles. The number of Topliss-reactive ketones (excluding diaryl/α,β-unsaturated/α-hetero) is 1. The zero-order chi connectivity index (χ0) is 21.0. The smallest absolute Gasteiger partial charge is 0.227 e. The Morgan fingerprint density at radius 1 is 0.931 bits per heavy atom. The molecule has 0 aromatic heterocycles. The average Bonchev–Trinajstić information content (AvgIpc) is 2.71. The lowest BCUT2D eigenvalue weighted by Crippen LogP contribution is -2.45. The number of likely N-dealkylation sites (N-methyl/N-ethyl adjacent to an activating group) is 1. The summed E-state index contributed by atoms with van der Waals surface area (Å²) in [6.45, 7) is 7.39. The van der Waals surface area contributed by atoms with Crippen LogP contribution in [0.5, 0.6) is 0 Å². The highest BCUT2D eigenvalue weighted by Crippen LogP contribution is 2.33. The minimum Gasteiger partial charge on any atom is -0.367 e. The Bertz CT molecular complexity index is 891. The molecule has 5 nitrogen and oxygen atoms in total. The van der Waals surface area contributed by atoms with Gasteiger partial charge in [0.25, 0.3) is 0 Å². The molecule has 0 fully saturated rings. The third kappa shape index (κ3) is 5.04. The Labute approximate surface area is 173 Å². The van der Waals surface area contributed by atoms with Crippen molar-refractivity contribution in [3.05, 3.63) is 59.2 Å². The molecule has 0 radical (unpaired) electrons. The van der Waals surface area contributed by atoms with Crippen LogP contribution in [0.2, 0.25) is 0 Å². The fraction of sp³-hybridized carbons (Fsp3) is 0.417.